The molecule has 7 heteroatoms. The van der Waals surface area contributed by atoms with Crippen molar-refractivity contribution in [3.05, 3.63) is 84.4 Å². The second-order valence-corrected chi connectivity index (χ2v) is 8.53. The van der Waals surface area contributed by atoms with Crippen LogP contribution < -0.4 is 14.4 Å². The number of hydrogen-bond acceptors (Lipinski definition) is 4. The van der Waals surface area contributed by atoms with Crippen molar-refractivity contribution in [3.8, 4) is 5.75 Å². The zero-order chi connectivity index (χ0) is 21.6. The topological polar surface area (TPSA) is 75.7 Å². The number of benzene rings is 3. The number of ether oxygens (including phenoxy) is 1. The molecule has 0 atom stereocenters. The Morgan fingerprint density at radius 1 is 0.933 bits per heavy atom. The van der Waals surface area contributed by atoms with Gasteiger partial charge in [-0.25, -0.2) is 8.42 Å². The average molecular weight is 425 g/mol. The Bertz CT molecular complexity index is 1080. The number of nitrogens with zero attached hydrogens (tertiary/aromatic N) is 1. The van der Waals surface area contributed by atoms with Crippen LogP contribution in [0.2, 0.25) is 0 Å². The minimum Gasteiger partial charge on any atom is -0.494 e. The fourth-order valence-electron chi connectivity index (χ4n) is 2.88. The van der Waals surface area contributed by atoms with Gasteiger partial charge in [-0.15, -0.1) is 0 Å². The van der Waals surface area contributed by atoms with Gasteiger partial charge in [0, 0.05) is 5.69 Å². The third-order valence-electron chi connectivity index (χ3n) is 4.39. The Hall–Kier alpha value is -3.32. The number of amides is 1. The van der Waals surface area contributed by atoms with Crippen LogP contribution in [0.5, 0.6) is 5.75 Å². The van der Waals surface area contributed by atoms with Crippen LogP contribution in [0.3, 0.4) is 0 Å². The largest absolute Gasteiger partial charge is 0.494 e. The Morgan fingerprint density at radius 2 is 1.57 bits per heavy atom. The molecule has 3 aromatic carbocycles. The van der Waals surface area contributed by atoms with Gasteiger partial charge in [0.25, 0.3) is 10.0 Å². The highest BCUT2D eigenvalue weighted by molar-refractivity contribution is 7.92. The monoisotopic (exact) mass is 424 g/mol. The molecule has 0 saturated carbocycles. The molecule has 0 aliphatic rings. The molecule has 30 heavy (non-hydrogen) atoms. The zero-order valence-electron chi connectivity index (χ0n) is 16.9. The van der Waals surface area contributed by atoms with E-state index in [-0.39, 0.29) is 11.4 Å². The van der Waals surface area contributed by atoms with E-state index in [4.69, 9.17) is 4.74 Å². The van der Waals surface area contributed by atoms with Crippen molar-refractivity contribution < 1.29 is 17.9 Å². The van der Waals surface area contributed by atoms with Gasteiger partial charge < -0.3 is 10.1 Å². The number of carbonyl (C=O) groups excluding carboxylic acids is 1. The van der Waals surface area contributed by atoms with Crippen molar-refractivity contribution in [3.63, 3.8) is 0 Å². The lowest BCUT2D eigenvalue weighted by molar-refractivity contribution is -0.114. The van der Waals surface area contributed by atoms with Crippen molar-refractivity contribution in [1.82, 2.24) is 0 Å². The van der Waals surface area contributed by atoms with Crippen LogP contribution in [0.1, 0.15) is 12.5 Å². The number of aryl methyl sites for hydroxylation is 1. The first kappa shape index (κ1) is 21.4. The molecule has 0 spiro atoms. The third kappa shape index (κ3) is 5.18. The van der Waals surface area contributed by atoms with E-state index >= 15 is 0 Å². The molecular formula is C23H24N2O4S. The Morgan fingerprint density at radius 3 is 2.17 bits per heavy atom. The molecular weight excluding hydrogens is 400 g/mol. The van der Waals surface area contributed by atoms with E-state index in [0.29, 0.717) is 23.7 Å². The fourth-order valence-corrected chi connectivity index (χ4v) is 4.32. The number of anilines is 2. The molecule has 0 aromatic heterocycles. The molecule has 0 saturated heterocycles. The predicted octanol–water partition coefficient (Wildman–Crippen LogP) is 4.23. The van der Waals surface area contributed by atoms with E-state index in [1.807, 2.05) is 26.0 Å². The van der Waals surface area contributed by atoms with E-state index in [9.17, 15) is 13.2 Å². The normalized spacial score (nSPS) is 11.0. The van der Waals surface area contributed by atoms with Crippen LogP contribution >= 0.6 is 0 Å². The summed E-state index contributed by atoms with van der Waals surface area (Å²) in [5.41, 5.74) is 1.98. The summed E-state index contributed by atoms with van der Waals surface area (Å²) < 4.78 is 33.0. The molecule has 0 heterocycles. The first-order chi connectivity index (χ1) is 14.4. The maximum absolute atomic E-state index is 13.3. The van der Waals surface area contributed by atoms with Gasteiger partial charge in [-0.3, -0.25) is 9.10 Å². The van der Waals surface area contributed by atoms with Crippen LogP contribution in [0, 0.1) is 6.92 Å². The summed E-state index contributed by atoms with van der Waals surface area (Å²) in [7, 11) is -3.92. The van der Waals surface area contributed by atoms with Gasteiger partial charge in [0.2, 0.25) is 5.91 Å². The summed E-state index contributed by atoms with van der Waals surface area (Å²) in [6.45, 7) is 4.00. The highest BCUT2D eigenvalue weighted by Crippen LogP contribution is 2.24. The predicted molar refractivity (Wildman–Crippen MR) is 118 cm³/mol. The lowest BCUT2D eigenvalue weighted by Crippen LogP contribution is -2.38. The second kappa shape index (κ2) is 9.45. The van der Waals surface area contributed by atoms with Gasteiger partial charge in [0.1, 0.15) is 12.3 Å². The van der Waals surface area contributed by atoms with E-state index in [1.54, 1.807) is 54.6 Å². The van der Waals surface area contributed by atoms with Crippen LogP contribution in [0.15, 0.2) is 83.8 Å². The van der Waals surface area contributed by atoms with Gasteiger partial charge in [0.15, 0.2) is 0 Å². The standard InChI is InChI=1S/C23H24N2O4S/c1-3-29-21-15-11-19(12-16-21)24-23(26)17-25(20-13-9-18(2)10-14-20)30(27,28)22-7-5-4-6-8-22/h4-16H,3,17H2,1-2H3,(H,24,26). The van der Waals surface area contributed by atoms with Crippen LogP contribution in [-0.4, -0.2) is 27.5 Å². The highest BCUT2D eigenvalue weighted by atomic mass is 32.2. The molecule has 0 aliphatic heterocycles. The third-order valence-corrected chi connectivity index (χ3v) is 6.18. The summed E-state index contributed by atoms with van der Waals surface area (Å²) in [6, 6.07) is 22.0. The SMILES string of the molecule is CCOc1ccc(NC(=O)CN(c2ccc(C)cc2)S(=O)(=O)c2ccccc2)cc1. The van der Waals surface area contributed by atoms with Crippen LogP contribution in [0.25, 0.3) is 0 Å². The summed E-state index contributed by atoms with van der Waals surface area (Å²) in [4.78, 5) is 12.8. The van der Waals surface area contributed by atoms with E-state index in [2.05, 4.69) is 5.32 Å². The molecule has 3 aromatic rings. The molecule has 0 fully saturated rings. The number of carbonyl (C=O) groups is 1. The molecule has 3 rings (SSSR count). The van der Waals surface area contributed by atoms with Crippen LogP contribution in [-0.2, 0) is 14.8 Å². The molecule has 0 radical (unpaired) electrons. The van der Waals surface area contributed by atoms with Gasteiger partial charge in [-0.2, -0.15) is 0 Å². The van der Waals surface area contributed by atoms with E-state index < -0.39 is 15.9 Å². The first-order valence-corrected chi connectivity index (χ1v) is 11.0. The maximum atomic E-state index is 13.3. The molecule has 6 nitrogen and oxygen atoms in total. The fraction of sp³-hybridized carbons (Fsp3) is 0.174. The average Bonchev–Trinajstić information content (AvgIpc) is 2.75. The highest BCUT2D eigenvalue weighted by Gasteiger charge is 2.27. The Balaban J connectivity index is 1.85. The number of sulfonamides is 1. The zero-order valence-corrected chi connectivity index (χ0v) is 17.7. The second-order valence-electron chi connectivity index (χ2n) is 6.67. The number of nitrogens with one attached hydrogen (secondary N) is 1. The van der Waals surface area contributed by atoms with Gasteiger partial charge >= 0.3 is 0 Å². The van der Waals surface area contributed by atoms with E-state index in [0.717, 1.165) is 9.87 Å². The molecule has 1 amide bonds. The number of rotatable bonds is 8. The lowest BCUT2D eigenvalue weighted by Gasteiger charge is -2.24. The molecule has 0 bridgehead atoms. The van der Waals surface area contributed by atoms with Gasteiger partial charge in [-0.05, 0) is 62.4 Å². The molecule has 0 aliphatic carbocycles. The summed E-state index contributed by atoms with van der Waals surface area (Å²) in [5, 5.41) is 2.75. The van der Waals surface area contributed by atoms with Crippen molar-refractivity contribution >= 4 is 27.3 Å². The summed E-state index contributed by atoms with van der Waals surface area (Å²) in [6.07, 6.45) is 0. The number of hydrogen-bond donors (Lipinski definition) is 1. The van der Waals surface area contributed by atoms with Gasteiger partial charge in [0.05, 0.1) is 17.2 Å². The van der Waals surface area contributed by atoms with Gasteiger partial charge in [-0.1, -0.05) is 35.9 Å². The lowest BCUT2D eigenvalue weighted by atomic mass is 10.2. The smallest absolute Gasteiger partial charge is 0.264 e. The Labute approximate surface area is 177 Å². The minimum absolute atomic E-state index is 0.124. The maximum Gasteiger partial charge on any atom is 0.264 e. The molecule has 1 N–H and O–H groups in total. The summed E-state index contributed by atoms with van der Waals surface area (Å²) >= 11 is 0. The minimum atomic E-state index is -3.92. The van der Waals surface area contributed by atoms with E-state index in [1.165, 1.54) is 12.1 Å². The van der Waals surface area contributed by atoms with Crippen molar-refractivity contribution in [2.24, 2.45) is 0 Å². The van der Waals surface area contributed by atoms with Crippen molar-refractivity contribution in [2.45, 2.75) is 18.7 Å². The molecule has 156 valence electrons. The first-order valence-electron chi connectivity index (χ1n) is 9.57. The molecule has 0 unspecified atom stereocenters. The van der Waals surface area contributed by atoms with Crippen molar-refractivity contribution in [2.75, 3.05) is 22.8 Å². The Kier molecular flexibility index (Phi) is 6.74. The quantitative estimate of drug-likeness (QED) is 0.587. The van der Waals surface area contributed by atoms with Crippen LogP contribution in [0.4, 0.5) is 11.4 Å². The summed E-state index contributed by atoms with van der Waals surface area (Å²) in [5.74, 6) is 0.252. The van der Waals surface area contributed by atoms with Crippen molar-refractivity contribution in [1.29, 1.82) is 0 Å².